The van der Waals surface area contributed by atoms with Crippen LogP contribution in [0.25, 0.3) is 0 Å². The highest BCUT2D eigenvalue weighted by Crippen LogP contribution is 2.28. The van der Waals surface area contributed by atoms with Crippen LogP contribution in [0.5, 0.6) is 0 Å². The van der Waals surface area contributed by atoms with E-state index in [1.807, 2.05) is 13.8 Å². The Kier molecular flexibility index (Phi) is 7.39. The van der Waals surface area contributed by atoms with Gasteiger partial charge in [0.2, 0.25) is 10.0 Å². The third-order valence-electron chi connectivity index (χ3n) is 2.60. The summed E-state index contributed by atoms with van der Waals surface area (Å²) in [6.07, 6.45) is 0. The summed E-state index contributed by atoms with van der Waals surface area (Å²) in [5, 5.41) is 0.412. The van der Waals surface area contributed by atoms with Crippen LogP contribution in [0.1, 0.15) is 19.4 Å². The Labute approximate surface area is 135 Å². The molecule has 0 saturated carbocycles. The second-order valence-electron chi connectivity index (χ2n) is 4.94. The normalized spacial score (nSPS) is 12.1. The first-order chi connectivity index (χ1) is 9.77. The molecule has 1 aromatic carbocycles. The first kappa shape index (κ1) is 18.7. The molecule has 0 aliphatic heterocycles. The van der Waals surface area contributed by atoms with Crippen LogP contribution in [0.15, 0.2) is 17.0 Å². The van der Waals surface area contributed by atoms with E-state index in [1.54, 1.807) is 0 Å². The Morgan fingerprint density at radius 3 is 2.52 bits per heavy atom. The second kappa shape index (κ2) is 8.31. The van der Waals surface area contributed by atoms with Crippen LogP contribution < -0.4 is 10.5 Å². The lowest BCUT2D eigenvalue weighted by Gasteiger charge is -2.11. The van der Waals surface area contributed by atoms with Gasteiger partial charge in [-0.1, -0.05) is 37.0 Å². The minimum Gasteiger partial charge on any atom is -0.380 e. The van der Waals surface area contributed by atoms with Crippen molar-refractivity contribution in [1.29, 1.82) is 0 Å². The highest BCUT2D eigenvalue weighted by molar-refractivity contribution is 7.89. The van der Waals surface area contributed by atoms with Gasteiger partial charge in [0, 0.05) is 24.7 Å². The molecule has 0 unspecified atom stereocenters. The van der Waals surface area contributed by atoms with E-state index in [-0.39, 0.29) is 23.0 Å². The fourth-order valence-corrected chi connectivity index (χ4v) is 3.46. The molecular weight excluding hydrogens is 335 g/mol. The molecule has 0 atom stereocenters. The number of ether oxygens (including phenoxy) is 1. The van der Waals surface area contributed by atoms with Crippen molar-refractivity contribution in [2.75, 3.05) is 19.8 Å². The van der Waals surface area contributed by atoms with Crippen LogP contribution in [0.4, 0.5) is 0 Å². The van der Waals surface area contributed by atoms with Crippen LogP contribution in [0.3, 0.4) is 0 Å². The third-order valence-corrected chi connectivity index (χ3v) is 4.88. The van der Waals surface area contributed by atoms with Crippen LogP contribution in [0.2, 0.25) is 10.0 Å². The molecule has 0 aromatic heterocycles. The van der Waals surface area contributed by atoms with Crippen molar-refractivity contribution in [3.8, 4) is 0 Å². The zero-order chi connectivity index (χ0) is 16.0. The Bertz CT molecular complexity index is 577. The largest absolute Gasteiger partial charge is 0.380 e. The molecule has 0 heterocycles. The number of halogens is 2. The predicted molar refractivity (Wildman–Crippen MR) is 85.2 cm³/mol. The van der Waals surface area contributed by atoms with E-state index in [2.05, 4.69) is 4.72 Å². The van der Waals surface area contributed by atoms with Gasteiger partial charge in [0.05, 0.1) is 11.6 Å². The summed E-state index contributed by atoms with van der Waals surface area (Å²) in [6, 6.07) is 2.77. The SMILES string of the molecule is CC(C)COCCNS(=O)(=O)c1cc(CN)c(Cl)cc1Cl. The van der Waals surface area contributed by atoms with Gasteiger partial charge in [-0.2, -0.15) is 0 Å². The molecule has 0 aliphatic carbocycles. The van der Waals surface area contributed by atoms with Crippen molar-refractivity contribution in [3.63, 3.8) is 0 Å². The third kappa shape index (κ3) is 5.73. The molecule has 0 fully saturated rings. The van der Waals surface area contributed by atoms with Crippen molar-refractivity contribution >= 4 is 33.2 Å². The van der Waals surface area contributed by atoms with E-state index in [4.69, 9.17) is 33.7 Å². The quantitative estimate of drug-likeness (QED) is 0.702. The molecule has 120 valence electrons. The lowest BCUT2D eigenvalue weighted by atomic mass is 10.2. The summed E-state index contributed by atoms with van der Waals surface area (Å²) in [6.45, 7) is 5.23. The van der Waals surface area contributed by atoms with Crippen molar-refractivity contribution in [2.45, 2.75) is 25.3 Å². The standard InChI is InChI=1S/C13H20Cl2N2O3S/c1-9(2)8-20-4-3-17-21(18,19)13-5-10(7-16)11(14)6-12(13)15/h5-6,9,17H,3-4,7-8,16H2,1-2H3. The fraction of sp³-hybridized carbons (Fsp3) is 0.538. The van der Waals surface area contributed by atoms with E-state index in [1.165, 1.54) is 12.1 Å². The smallest absolute Gasteiger partial charge is 0.242 e. The average Bonchev–Trinajstić information content (AvgIpc) is 2.37. The maximum atomic E-state index is 12.2. The first-order valence-electron chi connectivity index (χ1n) is 6.53. The van der Waals surface area contributed by atoms with Gasteiger partial charge in [0.15, 0.2) is 0 Å². The van der Waals surface area contributed by atoms with Crippen molar-refractivity contribution in [3.05, 3.63) is 27.7 Å². The van der Waals surface area contributed by atoms with Gasteiger partial charge >= 0.3 is 0 Å². The van der Waals surface area contributed by atoms with Gasteiger partial charge < -0.3 is 10.5 Å². The summed E-state index contributed by atoms with van der Waals surface area (Å²) in [4.78, 5) is -0.0297. The fourth-order valence-electron chi connectivity index (χ4n) is 1.58. The number of benzene rings is 1. The minimum absolute atomic E-state index is 0.0297. The summed E-state index contributed by atoms with van der Waals surface area (Å²) >= 11 is 11.9. The molecule has 21 heavy (non-hydrogen) atoms. The molecule has 0 saturated heterocycles. The predicted octanol–water partition coefficient (Wildman–Crippen LogP) is 2.40. The van der Waals surface area contributed by atoms with Gasteiger partial charge in [-0.25, -0.2) is 13.1 Å². The van der Waals surface area contributed by atoms with E-state index in [9.17, 15) is 8.42 Å². The van der Waals surface area contributed by atoms with Gasteiger partial charge in [-0.05, 0) is 23.6 Å². The van der Waals surface area contributed by atoms with Crippen LogP contribution >= 0.6 is 23.2 Å². The maximum Gasteiger partial charge on any atom is 0.242 e. The Hall–Kier alpha value is -0.370. The van der Waals surface area contributed by atoms with Gasteiger partial charge in [-0.3, -0.25) is 0 Å². The maximum absolute atomic E-state index is 12.2. The lowest BCUT2D eigenvalue weighted by molar-refractivity contribution is 0.114. The number of rotatable bonds is 8. The van der Waals surface area contributed by atoms with Gasteiger partial charge in [0.1, 0.15) is 4.90 Å². The highest BCUT2D eigenvalue weighted by Gasteiger charge is 2.19. The van der Waals surface area contributed by atoms with Gasteiger partial charge in [-0.15, -0.1) is 0 Å². The summed E-state index contributed by atoms with van der Waals surface area (Å²) in [7, 11) is -3.72. The topological polar surface area (TPSA) is 81.4 Å². The number of hydrogen-bond donors (Lipinski definition) is 2. The molecule has 0 spiro atoms. The molecule has 0 radical (unpaired) electrons. The molecule has 0 amide bonds. The minimum atomic E-state index is -3.72. The average molecular weight is 355 g/mol. The van der Waals surface area contributed by atoms with Crippen LogP contribution in [0, 0.1) is 5.92 Å². The Balaban J connectivity index is 2.74. The first-order valence-corrected chi connectivity index (χ1v) is 8.77. The number of hydrogen-bond acceptors (Lipinski definition) is 4. The van der Waals surface area contributed by atoms with E-state index >= 15 is 0 Å². The summed E-state index contributed by atoms with van der Waals surface area (Å²) < 4.78 is 32.1. The second-order valence-corrected chi connectivity index (χ2v) is 7.49. The molecule has 3 N–H and O–H groups in total. The Morgan fingerprint density at radius 2 is 1.95 bits per heavy atom. The highest BCUT2D eigenvalue weighted by atomic mass is 35.5. The molecule has 5 nitrogen and oxygen atoms in total. The van der Waals surface area contributed by atoms with E-state index < -0.39 is 10.0 Å². The molecule has 0 aliphatic rings. The molecule has 1 aromatic rings. The van der Waals surface area contributed by atoms with Crippen LogP contribution in [-0.2, 0) is 21.3 Å². The van der Waals surface area contributed by atoms with Crippen molar-refractivity contribution in [1.82, 2.24) is 4.72 Å². The molecule has 0 bridgehead atoms. The van der Waals surface area contributed by atoms with E-state index in [0.29, 0.717) is 29.7 Å². The summed E-state index contributed by atoms with van der Waals surface area (Å²) in [5.74, 6) is 0.402. The van der Waals surface area contributed by atoms with E-state index in [0.717, 1.165) is 0 Å². The van der Waals surface area contributed by atoms with Crippen molar-refractivity contribution in [2.24, 2.45) is 11.7 Å². The lowest BCUT2D eigenvalue weighted by Crippen LogP contribution is -2.28. The van der Waals surface area contributed by atoms with Crippen LogP contribution in [-0.4, -0.2) is 28.2 Å². The molecule has 1 rings (SSSR count). The number of nitrogens with two attached hydrogens (primary N) is 1. The zero-order valence-electron chi connectivity index (χ0n) is 12.0. The Morgan fingerprint density at radius 1 is 1.29 bits per heavy atom. The molecular formula is C13H20Cl2N2O3S. The molecule has 8 heteroatoms. The monoisotopic (exact) mass is 354 g/mol. The van der Waals surface area contributed by atoms with Gasteiger partial charge in [0.25, 0.3) is 0 Å². The number of nitrogens with one attached hydrogen (secondary N) is 1. The van der Waals surface area contributed by atoms with Crippen molar-refractivity contribution < 1.29 is 13.2 Å². The number of sulfonamides is 1. The zero-order valence-corrected chi connectivity index (χ0v) is 14.4. The summed E-state index contributed by atoms with van der Waals surface area (Å²) in [5.41, 5.74) is 6.04.